The van der Waals surface area contributed by atoms with Crippen molar-refractivity contribution >= 4 is 17.3 Å². The van der Waals surface area contributed by atoms with Crippen LogP contribution in [0.2, 0.25) is 0 Å². The van der Waals surface area contributed by atoms with Crippen LogP contribution >= 0.6 is 0 Å². The van der Waals surface area contributed by atoms with Crippen LogP contribution in [-0.4, -0.2) is 24.0 Å². The summed E-state index contributed by atoms with van der Waals surface area (Å²) in [5.41, 5.74) is 2.13. The van der Waals surface area contributed by atoms with Crippen LogP contribution < -0.4 is 10.2 Å². The average molecular weight is 287 g/mol. The van der Waals surface area contributed by atoms with E-state index in [2.05, 4.69) is 29.0 Å². The van der Waals surface area contributed by atoms with E-state index in [-0.39, 0.29) is 5.91 Å². The molecule has 0 atom stereocenters. The summed E-state index contributed by atoms with van der Waals surface area (Å²) >= 11 is 0. The minimum Gasteiger partial charge on any atom is -0.372 e. The predicted molar refractivity (Wildman–Crippen MR) is 82.2 cm³/mol. The molecule has 0 aliphatic heterocycles. The van der Waals surface area contributed by atoms with Crippen LogP contribution in [0, 0.1) is 5.95 Å². The lowest BCUT2D eigenvalue weighted by Crippen LogP contribution is -2.21. The SMILES string of the molecule is CCN(CC)c1ccc(NC(=O)c2ccc(F)nc2)cc1. The van der Waals surface area contributed by atoms with Crippen molar-refractivity contribution in [1.29, 1.82) is 0 Å². The van der Waals surface area contributed by atoms with Crippen LogP contribution in [0.3, 0.4) is 0 Å². The predicted octanol–water partition coefficient (Wildman–Crippen LogP) is 3.32. The van der Waals surface area contributed by atoms with Gasteiger partial charge < -0.3 is 10.2 Å². The van der Waals surface area contributed by atoms with E-state index in [4.69, 9.17) is 0 Å². The molecule has 1 N–H and O–H groups in total. The molecule has 110 valence electrons. The fourth-order valence-corrected chi connectivity index (χ4v) is 2.06. The van der Waals surface area contributed by atoms with Gasteiger partial charge in [0.05, 0.1) is 5.56 Å². The molecule has 1 heterocycles. The van der Waals surface area contributed by atoms with Gasteiger partial charge in [-0.25, -0.2) is 4.98 Å². The summed E-state index contributed by atoms with van der Waals surface area (Å²) in [7, 11) is 0. The highest BCUT2D eigenvalue weighted by Gasteiger charge is 2.07. The Bertz CT molecular complexity index is 592. The Kier molecular flexibility index (Phi) is 4.87. The zero-order valence-corrected chi connectivity index (χ0v) is 12.1. The van der Waals surface area contributed by atoms with Crippen LogP contribution in [0.25, 0.3) is 0 Å². The largest absolute Gasteiger partial charge is 0.372 e. The summed E-state index contributed by atoms with van der Waals surface area (Å²) < 4.78 is 12.7. The Morgan fingerprint density at radius 1 is 1.14 bits per heavy atom. The van der Waals surface area contributed by atoms with Crippen molar-refractivity contribution in [2.75, 3.05) is 23.3 Å². The molecule has 0 saturated heterocycles. The minimum absolute atomic E-state index is 0.307. The first-order valence-electron chi connectivity index (χ1n) is 6.92. The number of aromatic nitrogens is 1. The highest BCUT2D eigenvalue weighted by Crippen LogP contribution is 2.18. The summed E-state index contributed by atoms with van der Waals surface area (Å²) in [5, 5.41) is 2.76. The second kappa shape index (κ2) is 6.83. The molecule has 0 aliphatic carbocycles. The molecule has 1 amide bonds. The third kappa shape index (κ3) is 3.78. The van der Waals surface area contributed by atoms with Gasteiger partial charge in [-0.15, -0.1) is 0 Å². The van der Waals surface area contributed by atoms with Gasteiger partial charge in [-0.3, -0.25) is 4.79 Å². The van der Waals surface area contributed by atoms with Crippen LogP contribution in [0.1, 0.15) is 24.2 Å². The molecule has 21 heavy (non-hydrogen) atoms. The van der Waals surface area contributed by atoms with Crippen LogP contribution in [-0.2, 0) is 0 Å². The summed E-state index contributed by atoms with van der Waals surface area (Å²) in [6, 6.07) is 10.2. The van der Waals surface area contributed by atoms with Crippen LogP contribution in [0.15, 0.2) is 42.6 Å². The van der Waals surface area contributed by atoms with Crippen molar-refractivity contribution in [3.05, 3.63) is 54.1 Å². The highest BCUT2D eigenvalue weighted by molar-refractivity contribution is 6.04. The van der Waals surface area contributed by atoms with Crippen molar-refractivity contribution in [1.82, 2.24) is 4.98 Å². The van der Waals surface area contributed by atoms with E-state index in [1.165, 1.54) is 18.3 Å². The summed E-state index contributed by atoms with van der Waals surface area (Å²) in [6.45, 7) is 6.06. The quantitative estimate of drug-likeness (QED) is 0.858. The Morgan fingerprint density at radius 3 is 2.33 bits per heavy atom. The average Bonchev–Trinajstić information content (AvgIpc) is 2.51. The van der Waals surface area contributed by atoms with E-state index in [9.17, 15) is 9.18 Å². The number of carbonyl (C=O) groups excluding carboxylic acids is 1. The van der Waals surface area contributed by atoms with E-state index in [1.807, 2.05) is 24.3 Å². The zero-order chi connectivity index (χ0) is 15.2. The number of halogens is 1. The van der Waals surface area contributed by atoms with Gasteiger partial charge in [0.1, 0.15) is 0 Å². The molecule has 1 aromatic heterocycles. The zero-order valence-electron chi connectivity index (χ0n) is 12.1. The summed E-state index contributed by atoms with van der Waals surface area (Å²) in [5.74, 6) is -0.909. The van der Waals surface area contributed by atoms with Crippen molar-refractivity contribution < 1.29 is 9.18 Å². The number of nitrogens with one attached hydrogen (secondary N) is 1. The molecule has 0 unspecified atom stereocenters. The second-order valence-corrected chi connectivity index (χ2v) is 4.54. The Hall–Kier alpha value is -2.43. The number of benzene rings is 1. The molecule has 0 radical (unpaired) electrons. The number of pyridine rings is 1. The van der Waals surface area contributed by atoms with Crippen LogP contribution in [0.5, 0.6) is 0 Å². The fraction of sp³-hybridized carbons (Fsp3) is 0.250. The number of rotatable bonds is 5. The molecular formula is C16H18FN3O. The van der Waals surface area contributed by atoms with E-state index < -0.39 is 5.95 Å². The molecule has 2 aromatic rings. The Labute approximate surface area is 123 Å². The number of carbonyl (C=O) groups is 1. The number of nitrogens with zero attached hydrogens (tertiary/aromatic N) is 2. The Balaban J connectivity index is 2.06. The molecule has 5 heteroatoms. The molecule has 0 aliphatic rings. The lowest BCUT2D eigenvalue weighted by Gasteiger charge is -2.21. The third-order valence-electron chi connectivity index (χ3n) is 3.24. The van der Waals surface area contributed by atoms with Gasteiger partial charge in [0.25, 0.3) is 5.91 Å². The fourth-order valence-electron chi connectivity index (χ4n) is 2.06. The van der Waals surface area contributed by atoms with Gasteiger partial charge in [0.15, 0.2) is 0 Å². The maximum Gasteiger partial charge on any atom is 0.257 e. The van der Waals surface area contributed by atoms with Crippen LogP contribution in [0.4, 0.5) is 15.8 Å². The maximum absolute atomic E-state index is 12.7. The number of anilines is 2. The Morgan fingerprint density at radius 2 is 1.81 bits per heavy atom. The molecule has 0 bridgehead atoms. The van der Waals surface area contributed by atoms with Gasteiger partial charge in [0.2, 0.25) is 5.95 Å². The smallest absolute Gasteiger partial charge is 0.257 e. The molecule has 4 nitrogen and oxygen atoms in total. The monoisotopic (exact) mass is 287 g/mol. The van der Waals surface area contributed by atoms with E-state index in [0.717, 1.165) is 18.8 Å². The van der Waals surface area contributed by atoms with Gasteiger partial charge in [-0.05, 0) is 50.2 Å². The lowest BCUT2D eigenvalue weighted by molar-refractivity contribution is 0.102. The van der Waals surface area contributed by atoms with Crippen molar-refractivity contribution in [2.24, 2.45) is 0 Å². The molecule has 0 saturated carbocycles. The summed E-state index contributed by atoms with van der Waals surface area (Å²) in [4.78, 5) is 17.7. The number of hydrogen-bond donors (Lipinski definition) is 1. The van der Waals surface area contributed by atoms with Gasteiger partial charge in [0, 0.05) is 30.7 Å². The molecule has 0 fully saturated rings. The van der Waals surface area contributed by atoms with E-state index in [1.54, 1.807) is 0 Å². The van der Waals surface area contributed by atoms with Crippen molar-refractivity contribution in [3.8, 4) is 0 Å². The standard InChI is InChI=1S/C16H18FN3O/c1-3-20(4-2)14-8-6-13(7-9-14)19-16(21)12-5-10-15(17)18-11-12/h5-11H,3-4H2,1-2H3,(H,19,21). The first-order chi connectivity index (χ1) is 10.1. The molecule has 2 rings (SSSR count). The van der Waals surface area contributed by atoms with Crippen molar-refractivity contribution in [3.63, 3.8) is 0 Å². The van der Waals surface area contributed by atoms with E-state index in [0.29, 0.717) is 11.3 Å². The topological polar surface area (TPSA) is 45.2 Å². The first kappa shape index (κ1) is 15.0. The number of amides is 1. The first-order valence-corrected chi connectivity index (χ1v) is 6.92. The number of hydrogen-bond acceptors (Lipinski definition) is 3. The normalized spacial score (nSPS) is 10.2. The third-order valence-corrected chi connectivity index (χ3v) is 3.24. The lowest BCUT2D eigenvalue weighted by atomic mass is 10.2. The molecule has 1 aromatic carbocycles. The maximum atomic E-state index is 12.7. The molecule has 0 spiro atoms. The summed E-state index contributed by atoms with van der Waals surface area (Å²) in [6.07, 6.45) is 1.22. The van der Waals surface area contributed by atoms with Gasteiger partial charge in [-0.2, -0.15) is 4.39 Å². The molecular weight excluding hydrogens is 269 g/mol. The van der Waals surface area contributed by atoms with Gasteiger partial charge in [-0.1, -0.05) is 0 Å². The van der Waals surface area contributed by atoms with E-state index >= 15 is 0 Å². The minimum atomic E-state index is -0.602. The van der Waals surface area contributed by atoms with Gasteiger partial charge >= 0.3 is 0 Å². The highest BCUT2D eigenvalue weighted by atomic mass is 19.1. The second-order valence-electron chi connectivity index (χ2n) is 4.54. The van der Waals surface area contributed by atoms with Crippen molar-refractivity contribution in [2.45, 2.75) is 13.8 Å².